The predicted octanol–water partition coefficient (Wildman–Crippen LogP) is 3.27. The summed E-state index contributed by atoms with van der Waals surface area (Å²) in [6, 6.07) is 6.03. The quantitative estimate of drug-likeness (QED) is 0.788. The predicted molar refractivity (Wildman–Crippen MR) is 85.0 cm³/mol. The summed E-state index contributed by atoms with van der Waals surface area (Å²) in [5.41, 5.74) is 8.67. The molecule has 1 aromatic carbocycles. The summed E-state index contributed by atoms with van der Waals surface area (Å²) in [5.74, 6) is 0.756. The molecule has 1 unspecified atom stereocenters. The Kier molecular flexibility index (Phi) is 3.06. The van der Waals surface area contributed by atoms with Crippen molar-refractivity contribution in [1.29, 1.82) is 0 Å². The highest BCUT2D eigenvalue weighted by Crippen LogP contribution is 2.40. The number of benzene rings is 1. The van der Waals surface area contributed by atoms with Gasteiger partial charge in [-0.25, -0.2) is 9.97 Å². The second kappa shape index (κ2) is 4.94. The number of fused-ring (bicyclic) bond motifs is 2. The second-order valence-corrected chi connectivity index (χ2v) is 6.29. The molecular formula is C15H12ClN3OS. The van der Waals surface area contributed by atoms with Crippen LogP contribution >= 0.6 is 22.9 Å². The van der Waals surface area contributed by atoms with Crippen molar-refractivity contribution in [2.24, 2.45) is 5.73 Å². The molecule has 0 fully saturated rings. The number of hydrogen-bond acceptors (Lipinski definition) is 5. The number of thiophene rings is 1. The van der Waals surface area contributed by atoms with Gasteiger partial charge in [0.1, 0.15) is 23.0 Å². The molecule has 0 aliphatic carbocycles. The van der Waals surface area contributed by atoms with Gasteiger partial charge in [0.25, 0.3) is 0 Å². The van der Waals surface area contributed by atoms with Crippen molar-refractivity contribution in [3.05, 3.63) is 40.5 Å². The van der Waals surface area contributed by atoms with Gasteiger partial charge in [0.05, 0.1) is 10.7 Å². The van der Waals surface area contributed by atoms with Gasteiger partial charge < -0.3 is 10.5 Å². The lowest BCUT2D eigenvalue weighted by atomic mass is 10.0. The van der Waals surface area contributed by atoms with Gasteiger partial charge in [-0.2, -0.15) is 0 Å². The van der Waals surface area contributed by atoms with Gasteiger partial charge in [0, 0.05) is 29.5 Å². The molecule has 2 aromatic heterocycles. The number of halogens is 1. The van der Waals surface area contributed by atoms with E-state index in [4.69, 9.17) is 22.1 Å². The van der Waals surface area contributed by atoms with Crippen LogP contribution in [-0.2, 0) is 6.42 Å². The third kappa shape index (κ3) is 2.09. The smallest absolute Gasteiger partial charge is 0.141 e. The fourth-order valence-corrected chi connectivity index (χ4v) is 3.69. The van der Waals surface area contributed by atoms with Gasteiger partial charge in [-0.1, -0.05) is 11.6 Å². The molecule has 4 nitrogen and oxygen atoms in total. The highest BCUT2D eigenvalue weighted by molar-refractivity contribution is 7.16. The average molecular weight is 318 g/mol. The molecule has 4 rings (SSSR count). The minimum absolute atomic E-state index is 0.0133. The van der Waals surface area contributed by atoms with Crippen LogP contribution < -0.4 is 10.5 Å². The summed E-state index contributed by atoms with van der Waals surface area (Å²) in [4.78, 5) is 9.69. The minimum atomic E-state index is 0.0133. The lowest BCUT2D eigenvalue weighted by Gasteiger charge is -2.08. The fraction of sp³-hybridized carbons (Fsp3) is 0.200. The molecule has 3 aromatic rings. The summed E-state index contributed by atoms with van der Waals surface area (Å²) in [5, 5.41) is 3.68. The number of rotatable bonds is 2. The molecule has 21 heavy (non-hydrogen) atoms. The summed E-state index contributed by atoms with van der Waals surface area (Å²) in [6.07, 6.45) is 2.39. The molecule has 0 radical (unpaired) electrons. The Labute approximate surface area is 130 Å². The van der Waals surface area contributed by atoms with Crippen LogP contribution in [0.2, 0.25) is 5.02 Å². The van der Waals surface area contributed by atoms with E-state index >= 15 is 0 Å². The van der Waals surface area contributed by atoms with Gasteiger partial charge in [0.2, 0.25) is 0 Å². The molecule has 6 heteroatoms. The molecule has 106 valence electrons. The van der Waals surface area contributed by atoms with E-state index in [0.717, 1.165) is 39.2 Å². The lowest BCUT2D eigenvalue weighted by molar-refractivity contribution is 0.241. The Hall–Kier alpha value is -1.69. The highest BCUT2D eigenvalue weighted by atomic mass is 35.5. The van der Waals surface area contributed by atoms with Crippen LogP contribution in [0, 0.1) is 0 Å². The molecule has 1 aliphatic heterocycles. The Balaban J connectivity index is 1.88. The van der Waals surface area contributed by atoms with E-state index in [-0.39, 0.29) is 6.10 Å². The first-order valence-corrected chi connectivity index (χ1v) is 7.89. The van der Waals surface area contributed by atoms with E-state index in [1.807, 2.05) is 17.5 Å². The average Bonchev–Trinajstić information content (AvgIpc) is 3.12. The van der Waals surface area contributed by atoms with Crippen molar-refractivity contribution in [3.8, 4) is 17.0 Å². The molecule has 1 aliphatic rings. The van der Waals surface area contributed by atoms with Crippen molar-refractivity contribution in [3.63, 3.8) is 0 Å². The second-order valence-electron chi connectivity index (χ2n) is 4.99. The maximum absolute atomic E-state index is 6.37. The topological polar surface area (TPSA) is 61.0 Å². The van der Waals surface area contributed by atoms with Crippen LogP contribution in [-0.4, -0.2) is 22.6 Å². The van der Waals surface area contributed by atoms with E-state index in [2.05, 4.69) is 16.0 Å². The summed E-state index contributed by atoms with van der Waals surface area (Å²) >= 11 is 7.97. The van der Waals surface area contributed by atoms with E-state index in [1.165, 1.54) is 0 Å². The number of nitrogens with zero attached hydrogens (tertiary/aromatic N) is 2. The van der Waals surface area contributed by atoms with Gasteiger partial charge in [-0.3, -0.25) is 0 Å². The van der Waals surface area contributed by atoms with Crippen LogP contribution in [0.1, 0.15) is 5.56 Å². The molecule has 0 saturated heterocycles. The van der Waals surface area contributed by atoms with E-state index in [1.54, 1.807) is 17.7 Å². The van der Waals surface area contributed by atoms with E-state index in [0.29, 0.717) is 11.6 Å². The Bertz CT molecular complexity index is 833. The Morgan fingerprint density at radius 1 is 1.38 bits per heavy atom. The Morgan fingerprint density at radius 2 is 2.29 bits per heavy atom. The largest absolute Gasteiger partial charge is 0.487 e. The molecule has 0 saturated carbocycles. The van der Waals surface area contributed by atoms with Gasteiger partial charge in [0.15, 0.2) is 0 Å². The monoisotopic (exact) mass is 317 g/mol. The van der Waals surface area contributed by atoms with Gasteiger partial charge in [-0.15, -0.1) is 11.3 Å². The first kappa shape index (κ1) is 13.0. The molecular weight excluding hydrogens is 306 g/mol. The molecule has 0 spiro atoms. The number of hydrogen-bond donors (Lipinski definition) is 1. The van der Waals surface area contributed by atoms with Crippen molar-refractivity contribution < 1.29 is 4.74 Å². The highest BCUT2D eigenvalue weighted by Gasteiger charge is 2.25. The van der Waals surface area contributed by atoms with Crippen LogP contribution in [0.4, 0.5) is 0 Å². The fourth-order valence-electron chi connectivity index (χ4n) is 2.68. The van der Waals surface area contributed by atoms with Crippen LogP contribution in [0.5, 0.6) is 5.75 Å². The zero-order valence-electron chi connectivity index (χ0n) is 11.0. The SMILES string of the molecule is NCC1Cc2cc(-c3ncnc4sccc34)cc(Cl)c2O1. The van der Waals surface area contributed by atoms with Crippen molar-refractivity contribution in [1.82, 2.24) is 9.97 Å². The standard InChI is InChI=1S/C15H12ClN3OS/c16-12-5-8(3-9-4-10(6-17)20-14(9)12)13-11-1-2-21-15(11)19-7-18-13/h1-3,5,7,10H,4,6,17H2. The number of aromatic nitrogens is 2. The lowest BCUT2D eigenvalue weighted by Crippen LogP contribution is -2.24. The summed E-state index contributed by atoms with van der Waals surface area (Å²) in [6.45, 7) is 0.489. The molecule has 2 N–H and O–H groups in total. The molecule has 1 atom stereocenters. The van der Waals surface area contributed by atoms with Gasteiger partial charge >= 0.3 is 0 Å². The van der Waals surface area contributed by atoms with Crippen molar-refractivity contribution in [2.45, 2.75) is 12.5 Å². The maximum atomic E-state index is 6.37. The normalized spacial score (nSPS) is 17.0. The van der Waals surface area contributed by atoms with Crippen molar-refractivity contribution in [2.75, 3.05) is 6.54 Å². The van der Waals surface area contributed by atoms with Gasteiger partial charge in [-0.05, 0) is 23.6 Å². The van der Waals surface area contributed by atoms with E-state index < -0.39 is 0 Å². The molecule has 0 amide bonds. The maximum Gasteiger partial charge on any atom is 0.141 e. The zero-order valence-corrected chi connectivity index (χ0v) is 12.6. The van der Waals surface area contributed by atoms with E-state index in [9.17, 15) is 0 Å². The summed E-state index contributed by atoms with van der Waals surface area (Å²) < 4.78 is 5.76. The van der Waals surface area contributed by atoms with Crippen molar-refractivity contribution >= 4 is 33.2 Å². The third-order valence-corrected chi connectivity index (χ3v) is 4.75. The first-order chi connectivity index (χ1) is 10.3. The van der Waals surface area contributed by atoms with Crippen LogP contribution in [0.25, 0.3) is 21.5 Å². The number of nitrogens with two attached hydrogens (primary N) is 1. The van der Waals surface area contributed by atoms with Crippen LogP contribution in [0.3, 0.4) is 0 Å². The zero-order chi connectivity index (χ0) is 14.4. The first-order valence-electron chi connectivity index (χ1n) is 6.64. The molecule has 3 heterocycles. The third-order valence-electron chi connectivity index (χ3n) is 3.65. The van der Waals surface area contributed by atoms with Crippen LogP contribution in [0.15, 0.2) is 29.9 Å². The molecule has 0 bridgehead atoms. The number of ether oxygens (including phenoxy) is 1. The summed E-state index contributed by atoms with van der Waals surface area (Å²) in [7, 11) is 0. The Morgan fingerprint density at radius 3 is 3.14 bits per heavy atom. The minimum Gasteiger partial charge on any atom is -0.487 e.